The summed E-state index contributed by atoms with van der Waals surface area (Å²) in [5.74, 6) is 0. The molecule has 7 heteroatoms. The van der Waals surface area contributed by atoms with E-state index >= 15 is 0 Å². The van der Waals surface area contributed by atoms with Crippen LogP contribution >= 0.6 is 28.1 Å². The van der Waals surface area contributed by atoms with Gasteiger partial charge in [0, 0.05) is 4.47 Å². The average Bonchev–Trinajstić information content (AvgIpc) is 2.28. The predicted octanol–water partition coefficient (Wildman–Crippen LogP) is 1.95. The maximum Gasteiger partial charge on any atom is 0.293 e. The maximum atomic E-state index is 11.4. The van der Waals surface area contributed by atoms with Gasteiger partial charge in [0.15, 0.2) is 0 Å². The Kier molecular flexibility index (Phi) is 3.60. The van der Waals surface area contributed by atoms with E-state index in [4.69, 9.17) is 12.2 Å². The first kappa shape index (κ1) is 11.9. The van der Waals surface area contributed by atoms with Crippen molar-refractivity contribution >= 4 is 34.4 Å². The first-order valence-electron chi connectivity index (χ1n) is 4.63. The highest BCUT2D eigenvalue weighted by Gasteiger charge is 1.95. The summed E-state index contributed by atoms with van der Waals surface area (Å²) in [7, 11) is 0. The normalized spacial score (nSPS) is 10.9. The average molecular weight is 311 g/mol. The molecule has 0 aliphatic carbocycles. The van der Waals surface area contributed by atoms with Crippen LogP contribution in [0.3, 0.4) is 0 Å². The molecular weight excluding hydrogens is 304 g/mol. The van der Waals surface area contributed by atoms with Crippen molar-refractivity contribution in [1.29, 1.82) is 0 Å². The topological polar surface area (TPSA) is 63.0 Å². The molecule has 1 aromatic heterocycles. The number of aromatic nitrogens is 3. The Hall–Kier alpha value is -1.60. The van der Waals surface area contributed by atoms with E-state index in [1.54, 1.807) is 6.21 Å². The lowest BCUT2D eigenvalue weighted by Crippen LogP contribution is -2.18. The van der Waals surface area contributed by atoms with Crippen LogP contribution in [0.1, 0.15) is 5.56 Å². The molecule has 17 heavy (non-hydrogen) atoms. The summed E-state index contributed by atoms with van der Waals surface area (Å²) >= 11 is 8.25. The molecule has 1 heterocycles. The third-order valence-electron chi connectivity index (χ3n) is 1.91. The van der Waals surface area contributed by atoms with Crippen molar-refractivity contribution in [2.75, 3.05) is 0 Å². The quantitative estimate of drug-likeness (QED) is 0.681. The van der Waals surface area contributed by atoms with E-state index in [0.717, 1.165) is 20.9 Å². The predicted molar refractivity (Wildman–Crippen MR) is 70.8 cm³/mol. The summed E-state index contributed by atoms with van der Waals surface area (Å²) in [6.45, 7) is 0. The van der Waals surface area contributed by atoms with Gasteiger partial charge in [-0.2, -0.15) is 14.9 Å². The smallest absolute Gasteiger partial charge is 0.265 e. The molecule has 0 bridgehead atoms. The molecule has 0 saturated carbocycles. The molecule has 0 radical (unpaired) electrons. The Morgan fingerprint density at radius 3 is 3.06 bits per heavy atom. The van der Waals surface area contributed by atoms with Crippen LogP contribution in [0.4, 0.5) is 0 Å². The molecule has 0 amide bonds. The Bertz CT molecular complexity index is 648. The minimum atomic E-state index is -0.375. The van der Waals surface area contributed by atoms with Crippen LogP contribution < -0.4 is 5.56 Å². The van der Waals surface area contributed by atoms with E-state index in [1.807, 2.05) is 24.3 Å². The van der Waals surface area contributed by atoms with Crippen LogP contribution in [0.2, 0.25) is 0 Å². The number of halogens is 1. The number of nitrogens with zero attached hydrogens (tertiary/aromatic N) is 3. The summed E-state index contributed by atoms with van der Waals surface area (Å²) < 4.78 is 2.17. The molecule has 2 aromatic rings. The first-order valence-corrected chi connectivity index (χ1v) is 5.83. The van der Waals surface area contributed by atoms with E-state index in [-0.39, 0.29) is 10.3 Å². The van der Waals surface area contributed by atoms with Gasteiger partial charge in [0.2, 0.25) is 4.77 Å². The molecule has 0 atom stereocenters. The van der Waals surface area contributed by atoms with E-state index in [1.165, 1.54) is 0 Å². The molecular formula is C10H7BrN4OS. The molecule has 86 valence electrons. The summed E-state index contributed by atoms with van der Waals surface area (Å²) in [6.07, 6.45) is 2.67. The minimum Gasteiger partial charge on any atom is -0.265 e. The Morgan fingerprint density at radius 1 is 1.53 bits per heavy atom. The molecule has 0 saturated heterocycles. The molecule has 0 fully saturated rings. The molecule has 1 N–H and O–H groups in total. The molecule has 0 unspecified atom stereocenters. The standard InChI is InChI=1S/C10H7BrN4OS/c11-8-3-1-2-7(4-8)5-13-15-9(16)6-12-14-10(15)17/h1-6H,(H,14,17)/b13-5+. The second-order valence-electron chi connectivity index (χ2n) is 3.12. The summed E-state index contributed by atoms with van der Waals surface area (Å²) in [5, 5.41) is 10.1. The largest absolute Gasteiger partial charge is 0.293 e. The molecule has 2 rings (SSSR count). The molecule has 0 spiro atoms. The van der Waals surface area contributed by atoms with Crippen molar-refractivity contribution in [3.05, 3.63) is 55.6 Å². The fraction of sp³-hybridized carbons (Fsp3) is 0. The van der Waals surface area contributed by atoms with Crippen LogP contribution in [0.25, 0.3) is 0 Å². The lowest BCUT2D eigenvalue weighted by Gasteiger charge is -1.97. The van der Waals surface area contributed by atoms with Gasteiger partial charge < -0.3 is 0 Å². The number of nitrogens with one attached hydrogen (secondary N) is 1. The third kappa shape index (κ3) is 2.95. The molecule has 5 nitrogen and oxygen atoms in total. The zero-order valence-electron chi connectivity index (χ0n) is 8.50. The van der Waals surface area contributed by atoms with Crippen molar-refractivity contribution < 1.29 is 0 Å². The highest BCUT2D eigenvalue weighted by atomic mass is 79.9. The lowest BCUT2D eigenvalue weighted by molar-refractivity contribution is 0.738. The van der Waals surface area contributed by atoms with Gasteiger partial charge in [0.25, 0.3) is 5.56 Å². The van der Waals surface area contributed by atoms with E-state index < -0.39 is 0 Å². The Labute approximate surface area is 110 Å². The van der Waals surface area contributed by atoms with Gasteiger partial charge in [0.05, 0.1) is 6.21 Å². The number of H-pyrrole nitrogens is 1. The van der Waals surface area contributed by atoms with Crippen LogP contribution in [-0.2, 0) is 0 Å². The second-order valence-corrected chi connectivity index (χ2v) is 4.43. The van der Waals surface area contributed by atoms with Gasteiger partial charge in [-0.15, -0.1) is 0 Å². The van der Waals surface area contributed by atoms with E-state index in [9.17, 15) is 4.79 Å². The Balaban J connectivity index is 2.39. The molecule has 1 aromatic carbocycles. The highest BCUT2D eigenvalue weighted by molar-refractivity contribution is 9.10. The fourth-order valence-electron chi connectivity index (χ4n) is 1.17. The van der Waals surface area contributed by atoms with Crippen molar-refractivity contribution in [2.45, 2.75) is 0 Å². The summed E-state index contributed by atoms with van der Waals surface area (Å²) in [6, 6.07) is 7.53. The highest BCUT2D eigenvalue weighted by Crippen LogP contribution is 2.09. The number of hydrogen-bond acceptors (Lipinski definition) is 4. The zero-order valence-corrected chi connectivity index (χ0v) is 10.9. The summed E-state index contributed by atoms with van der Waals surface area (Å²) in [5.41, 5.74) is 0.484. The fourth-order valence-corrected chi connectivity index (χ4v) is 1.77. The second kappa shape index (κ2) is 5.15. The van der Waals surface area contributed by atoms with Crippen LogP contribution in [0.15, 0.2) is 44.8 Å². The first-order chi connectivity index (χ1) is 8.16. The van der Waals surface area contributed by atoms with Crippen molar-refractivity contribution in [2.24, 2.45) is 5.10 Å². The number of benzene rings is 1. The third-order valence-corrected chi connectivity index (χ3v) is 2.66. The maximum absolute atomic E-state index is 11.4. The van der Waals surface area contributed by atoms with Gasteiger partial charge in [-0.3, -0.25) is 9.89 Å². The number of aromatic amines is 1. The molecule has 0 aliphatic heterocycles. The number of rotatable bonds is 2. The van der Waals surface area contributed by atoms with E-state index in [0.29, 0.717) is 0 Å². The monoisotopic (exact) mass is 310 g/mol. The summed E-state index contributed by atoms with van der Waals surface area (Å²) in [4.78, 5) is 11.4. The lowest BCUT2D eigenvalue weighted by atomic mass is 10.2. The van der Waals surface area contributed by atoms with Crippen molar-refractivity contribution in [1.82, 2.24) is 14.9 Å². The van der Waals surface area contributed by atoms with Crippen LogP contribution in [-0.4, -0.2) is 21.1 Å². The van der Waals surface area contributed by atoms with Gasteiger partial charge in [-0.1, -0.05) is 28.1 Å². The SMILES string of the molecule is O=c1cn[nH]c(=S)n1/N=C/c1cccc(Br)c1. The van der Waals surface area contributed by atoms with Gasteiger partial charge in [-0.05, 0) is 29.9 Å². The van der Waals surface area contributed by atoms with Crippen LogP contribution in [0, 0.1) is 4.77 Å². The van der Waals surface area contributed by atoms with Gasteiger partial charge in [0.1, 0.15) is 6.20 Å². The number of hydrogen-bond donors (Lipinski definition) is 1. The van der Waals surface area contributed by atoms with E-state index in [2.05, 4.69) is 31.2 Å². The van der Waals surface area contributed by atoms with Crippen molar-refractivity contribution in [3.63, 3.8) is 0 Å². The van der Waals surface area contributed by atoms with Gasteiger partial charge in [-0.25, -0.2) is 0 Å². The van der Waals surface area contributed by atoms with Crippen LogP contribution in [0.5, 0.6) is 0 Å². The minimum absolute atomic E-state index is 0.156. The zero-order chi connectivity index (χ0) is 12.3. The van der Waals surface area contributed by atoms with Crippen molar-refractivity contribution in [3.8, 4) is 0 Å². The van der Waals surface area contributed by atoms with Gasteiger partial charge >= 0.3 is 0 Å². The Morgan fingerprint density at radius 2 is 2.35 bits per heavy atom. The molecule has 0 aliphatic rings.